The van der Waals surface area contributed by atoms with Gasteiger partial charge in [0.1, 0.15) is 0 Å². The number of halogens is 2. The molecule has 1 saturated heterocycles. The summed E-state index contributed by atoms with van der Waals surface area (Å²) < 4.78 is 22.9. The highest BCUT2D eigenvalue weighted by molar-refractivity contribution is 6.39. The lowest BCUT2D eigenvalue weighted by Gasteiger charge is -2.31. The molecule has 0 unspecified atom stereocenters. The highest BCUT2D eigenvalue weighted by atomic mass is 35.5. The first-order chi connectivity index (χ1) is 13.0. The Bertz CT molecular complexity index is 879. The van der Waals surface area contributed by atoms with Crippen LogP contribution < -0.4 is 19.5 Å². The average Bonchev–Trinajstić information content (AvgIpc) is 3.02. The van der Waals surface area contributed by atoms with E-state index in [2.05, 4.69) is 10.3 Å². The van der Waals surface area contributed by atoms with E-state index in [9.17, 15) is 4.79 Å². The molecule has 3 heterocycles. The first kappa shape index (κ1) is 18.2. The fourth-order valence-corrected chi connectivity index (χ4v) is 3.53. The molecule has 1 amide bonds. The number of hydrogen-bond acceptors (Lipinski definition) is 6. The molecule has 0 atom stereocenters. The number of anilines is 1. The molecule has 4 rings (SSSR count). The first-order valence-corrected chi connectivity index (χ1v) is 9.06. The minimum absolute atomic E-state index is 0.235. The van der Waals surface area contributed by atoms with Gasteiger partial charge in [0.2, 0.25) is 5.75 Å². The molecule has 0 radical (unpaired) electrons. The largest absolute Gasteiger partial charge is 0.493 e. The van der Waals surface area contributed by atoms with Crippen LogP contribution in [0.4, 0.5) is 5.69 Å². The maximum Gasteiger partial charge on any atom is 0.259 e. The third-order valence-corrected chi connectivity index (χ3v) is 5.04. The normalized spacial score (nSPS) is 17.0. The van der Waals surface area contributed by atoms with Gasteiger partial charge in [0.05, 0.1) is 41.6 Å². The molecule has 1 fully saturated rings. The lowest BCUT2D eigenvalue weighted by molar-refractivity contribution is -0.144. The quantitative estimate of drug-likeness (QED) is 0.825. The minimum atomic E-state index is -0.851. The highest BCUT2D eigenvalue weighted by Crippen LogP contribution is 2.50. The molecule has 1 spiro atoms. The van der Waals surface area contributed by atoms with Gasteiger partial charge in [-0.05, 0) is 12.1 Å². The summed E-state index contributed by atoms with van der Waals surface area (Å²) in [7, 11) is 1.53. The molecule has 2 aliphatic rings. The third-order valence-electron chi connectivity index (χ3n) is 4.46. The predicted octanol–water partition coefficient (Wildman–Crippen LogP) is 3.93. The number of aromatic nitrogens is 1. The van der Waals surface area contributed by atoms with E-state index in [1.807, 2.05) is 0 Å². The zero-order valence-electron chi connectivity index (χ0n) is 14.4. The molecule has 142 valence electrons. The molecular weight excluding hydrogens is 395 g/mol. The van der Waals surface area contributed by atoms with Gasteiger partial charge in [-0.2, -0.15) is 0 Å². The Hall–Kier alpha value is -2.22. The monoisotopic (exact) mass is 410 g/mol. The number of methoxy groups -OCH3 is 1. The molecule has 2 aromatic rings. The van der Waals surface area contributed by atoms with Crippen LogP contribution in [0.5, 0.6) is 17.2 Å². The Kier molecular flexibility index (Phi) is 4.75. The number of benzene rings is 1. The van der Waals surface area contributed by atoms with Gasteiger partial charge >= 0.3 is 0 Å². The van der Waals surface area contributed by atoms with Crippen molar-refractivity contribution in [3.8, 4) is 17.2 Å². The van der Waals surface area contributed by atoms with E-state index in [4.69, 9.17) is 42.1 Å². The number of pyridine rings is 1. The van der Waals surface area contributed by atoms with Crippen molar-refractivity contribution < 1.29 is 23.7 Å². The Morgan fingerprint density at radius 1 is 1.15 bits per heavy atom. The van der Waals surface area contributed by atoms with Gasteiger partial charge in [-0.3, -0.25) is 9.78 Å². The smallest absolute Gasteiger partial charge is 0.259 e. The van der Waals surface area contributed by atoms with Gasteiger partial charge in [0, 0.05) is 25.2 Å². The number of nitrogens with zero attached hydrogens (tertiary/aromatic N) is 1. The Morgan fingerprint density at radius 2 is 1.81 bits per heavy atom. The van der Waals surface area contributed by atoms with Gasteiger partial charge < -0.3 is 24.3 Å². The van der Waals surface area contributed by atoms with Crippen LogP contribution >= 0.6 is 23.2 Å². The number of carbonyl (C=O) groups is 1. The van der Waals surface area contributed by atoms with Crippen molar-refractivity contribution in [2.75, 3.05) is 25.6 Å². The maximum absolute atomic E-state index is 12.9. The lowest BCUT2D eigenvalue weighted by Crippen LogP contribution is -2.44. The maximum atomic E-state index is 12.9. The molecule has 1 aromatic heterocycles. The summed E-state index contributed by atoms with van der Waals surface area (Å²) in [5.74, 6) is -0.0635. The van der Waals surface area contributed by atoms with Crippen LogP contribution in [0.2, 0.25) is 10.0 Å². The third kappa shape index (κ3) is 3.26. The van der Waals surface area contributed by atoms with Crippen molar-refractivity contribution in [2.24, 2.45) is 0 Å². The summed E-state index contributed by atoms with van der Waals surface area (Å²) >= 11 is 12.2. The SMILES string of the molecule is COc1ccc(C(=O)Nc2c(Cl)cncc2Cl)c2c1OC1(CCOCC1)O2. The van der Waals surface area contributed by atoms with Crippen molar-refractivity contribution in [2.45, 2.75) is 18.6 Å². The highest BCUT2D eigenvalue weighted by Gasteiger charge is 2.46. The topological polar surface area (TPSA) is 78.9 Å². The zero-order valence-corrected chi connectivity index (χ0v) is 15.9. The molecule has 2 aliphatic heterocycles. The molecule has 1 N–H and O–H groups in total. The van der Waals surface area contributed by atoms with Crippen LogP contribution in [0, 0.1) is 0 Å². The van der Waals surface area contributed by atoms with Crippen LogP contribution in [-0.2, 0) is 4.74 Å². The Morgan fingerprint density at radius 3 is 2.48 bits per heavy atom. The molecule has 9 heteroatoms. The fraction of sp³-hybridized carbons (Fsp3) is 0.333. The molecule has 0 saturated carbocycles. The second-order valence-electron chi connectivity index (χ2n) is 6.13. The standard InChI is InChI=1S/C18H16Cl2N2O5/c1-24-13-3-2-10(17(23)22-14-11(19)8-21-9-12(14)20)15-16(13)27-18(26-15)4-6-25-7-5-18/h2-3,8-9H,4-7H2,1H3,(H,21,22,23). The summed E-state index contributed by atoms with van der Waals surface area (Å²) in [5.41, 5.74) is 0.570. The van der Waals surface area contributed by atoms with Crippen molar-refractivity contribution in [1.82, 2.24) is 4.98 Å². The fourth-order valence-electron chi connectivity index (χ4n) is 3.07. The summed E-state index contributed by atoms with van der Waals surface area (Å²) in [6.45, 7) is 1.03. The van der Waals surface area contributed by atoms with Gasteiger partial charge in [0.15, 0.2) is 11.5 Å². The van der Waals surface area contributed by atoms with Crippen LogP contribution in [0.15, 0.2) is 24.5 Å². The summed E-state index contributed by atoms with van der Waals surface area (Å²) in [6.07, 6.45) is 3.90. The van der Waals surface area contributed by atoms with E-state index in [1.54, 1.807) is 12.1 Å². The second-order valence-corrected chi connectivity index (χ2v) is 6.95. The van der Waals surface area contributed by atoms with Crippen molar-refractivity contribution >= 4 is 34.8 Å². The Labute approximate surface area is 165 Å². The van der Waals surface area contributed by atoms with Gasteiger partial charge in [0.25, 0.3) is 11.7 Å². The molecule has 7 nitrogen and oxygen atoms in total. The number of fused-ring (bicyclic) bond motifs is 1. The van der Waals surface area contributed by atoms with Crippen LogP contribution in [0.25, 0.3) is 0 Å². The summed E-state index contributed by atoms with van der Waals surface area (Å²) in [6, 6.07) is 3.27. The number of carbonyl (C=O) groups excluding carboxylic acids is 1. The zero-order chi connectivity index (χ0) is 19.0. The van der Waals surface area contributed by atoms with Crippen LogP contribution in [-0.4, -0.2) is 37.0 Å². The predicted molar refractivity (Wildman–Crippen MR) is 99.2 cm³/mol. The molecule has 1 aromatic carbocycles. The number of amides is 1. The van der Waals surface area contributed by atoms with E-state index in [0.717, 1.165) is 0 Å². The first-order valence-electron chi connectivity index (χ1n) is 8.30. The van der Waals surface area contributed by atoms with Crippen molar-refractivity contribution in [1.29, 1.82) is 0 Å². The molecule has 0 bridgehead atoms. The second kappa shape index (κ2) is 7.07. The molecule has 0 aliphatic carbocycles. The van der Waals surface area contributed by atoms with E-state index in [-0.39, 0.29) is 21.3 Å². The van der Waals surface area contributed by atoms with E-state index < -0.39 is 11.7 Å². The number of ether oxygens (including phenoxy) is 4. The number of hydrogen-bond donors (Lipinski definition) is 1. The number of nitrogens with one attached hydrogen (secondary N) is 1. The number of rotatable bonds is 3. The van der Waals surface area contributed by atoms with E-state index in [1.165, 1.54) is 19.5 Å². The summed E-state index contributed by atoms with van der Waals surface area (Å²) in [4.78, 5) is 16.8. The van der Waals surface area contributed by atoms with Gasteiger partial charge in [-0.25, -0.2) is 0 Å². The van der Waals surface area contributed by atoms with Crippen molar-refractivity contribution in [3.63, 3.8) is 0 Å². The van der Waals surface area contributed by atoms with Gasteiger partial charge in [-0.15, -0.1) is 0 Å². The summed E-state index contributed by atoms with van der Waals surface area (Å²) in [5, 5.41) is 3.18. The van der Waals surface area contributed by atoms with Crippen LogP contribution in [0.3, 0.4) is 0 Å². The molecule has 27 heavy (non-hydrogen) atoms. The lowest BCUT2D eigenvalue weighted by atomic mass is 10.1. The van der Waals surface area contributed by atoms with Gasteiger partial charge in [-0.1, -0.05) is 23.2 Å². The van der Waals surface area contributed by atoms with E-state index >= 15 is 0 Å². The average molecular weight is 411 g/mol. The Balaban J connectivity index is 1.69. The van der Waals surface area contributed by atoms with Crippen LogP contribution in [0.1, 0.15) is 23.2 Å². The molecular formula is C18H16Cl2N2O5. The van der Waals surface area contributed by atoms with Crippen molar-refractivity contribution in [3.05, 3.63) is 40.1 Å². The minimum Gasteiger partial charge on any atom is -0.493 e. The van der Waals surface area contributed by atoms with E-state index in [0.29, 0.717) is 43.3 Å².